The van der Waals surface area contributed by atoms with E-state index in [1.165, 1.54) is 6.20 Å². The van der Waals surface area contributed by atoms with E-state index in [2.05, 4.69) is 14.6 Å². The molecule has 9 heteroatoms. The lowest BCUT2D eigenvalue weighted by Gasteiger charge is -2.37. The minimum absolute atomic E-state index is 0.0403. The predicted octanol–water partition coefficient (Wildman–Crippen LogP) is 1.80. The highest BCUT2D eigenvalue weighted by Crippen LogP contribution is 2.45. The fourth-order valence-electron chi connectivity index (χ4n) is 4.52. The molecule has 1 spiro atoms. The highest BCUT2D eigenvalue weighted by Gasteiger charge is 2.45. The first-order valence-corrected chi connectivity index (χ1v) is 10.9. The van der Waals surface area contributed by atoms with Crippen LogP contribution in [0.15, 0.2) is 48.0 Å². The summed E-state index contributed by atoms with van der Waals surface area (Å²) < 4.78 is 31.4. The molecule has 0 unspecified atom stereocenters. The fraction of sp³-hybridized carbons (Fsp3) is 0.421. The van der Waals surface area contributed by atoms with Crippen LogP contribution < -0.4 is 0 Å². The van der Waals surface area contributed by atoms with Gasteiger partial charge in [-0.05, 0) is 31.4 Å². The number of fused-ring (bicyclic) bond motifs is 2. The van der Waals surface area contributed by atoms with Crippen molar-refractivity contribution in [2.24, 2.45) is 7.05 Å². The molecule has 0 aromatic carbocycles. The van der Waals surface area contributed by atoms with Crippen LogP contribution in [0.2, 0.25) is 0 Å². The number of nitrogens with zero attached hydrogens (tertiary/aromatic N) is 6. The largest absolute Gasteiger partial charge is 0.327 e. The second kappa shape index (κ2) is 6.25. The van der Waals surface area contributed by atoms with E-state index in [1.807, 2.05) is 25.6 Å². The summed E-state index contributed by atoms with van der Waals surface area (Å²) in [7, 11) is -1.58. The molecule has 3 aromatic rings. The van der Waals surface area contributed by atoms with Crippen molar-refractivity contribution >= 4 is 10.0 Å². The van der Waals surface area contributed by atoms with Crippen LogP contribution in [0.5, 0.6) is 0 Å². The van der Waals surface area contributed by atoms with Crippen LogP contribution in [0.1, 0.15) is 25.1 Å². The van der Waals surface area contributed by atoms with Crippen LogP contribution in [-0.4, -0.2) is 50.1 Å². The first kappa shape index (κ1) is 17.6. The van der Waals surface area contributed by atoms with E-state index < -0.39 is 10.0 Å². The standard InChI is InChI=1S/C19H22N6O2S/c1-23-14-15(11-22-23)17-13-21-18-19(6-10-25(17)18)4-8-24(9-5-19)28(26,27)16-3-2-7-20-12-16/h2-3,7,11-14H,4-6,8-10H2,1H3. The molecule has 0 saturated carbocycles. The van der Waals surface area contributed by atoms with Gasteiger partial charge >= 0.3 is 0 Å². The summed E-state index contributed by atoms with van der Waals surface area (Å²) in [5, 5.41) is 4.26. The molecule has 28 heavy (non-hydrogen) atoms. The number of piperidine rings is 1. The molecule has 2 aliphatic heterocycles. The first-order chi connectivity index (χ1) is 13.5. The molecular formula is C19H22N6O2S. The van der Waals surface area contributed by atoms with Gasteiger partial charge in [0, 0.05) is 56.3 Å². The normalized spacial score (nSPS) is 19.2. The van der Waals surface area contributed by atoms with Crippen molar-refractivity contribution in [3.63, 3.8) is 0 Å². The van der Waals surface area contributed by atoms with Gasteiger partial charge in [0.2, 0.25) is 10.0 Å². The van der Waals surface area contributed by atoms with E-state index in [-0.39, 0.29) is 10.3 Å². The van der Waals surface area contributed by atoms with Gasteiger partial charge in [0.1, 0.15) is 10.7 Å². The van der Waals surface area contributed by atoms with Gasteiger partial charge < -0.3 is 4.57 Å². The Kier molecular flexibility index (Phi) is 3.92. The van der Waals surface area contributed by atoms with E-state index in [0.29, 0.717) is 13.1 Å². The van der Waals surface area contributed by atoms with Gasteiger partial charge in [0.25, 0.3) is 0 Å². The summed E-state index contributed by atoms with van der Waals surface area (Å²) in [4.78, 5) is 8.97. The van der Waals surface area contributed by atoms with E-state index >= 15 is 0 Å². The molecule has 146 valence electrons. The van der Waals surface area contributed by atoms with Gasteiger partial charge in [-0.2, -0.15) is 9.40 Å². The quantitative estimate of drug-likeness (QED) is 0.672. The van der Waals surface area contributed by atoms with Crippen LogP contribution in [0.3, 0.4) is 0 Å². The van der Waals surface area contributed by atoms with Crippen molar-refractivity contribution in [3.8, 4) is 11.3 Å². The summed E-state index contributed by atoms with van der Waals surface area (Å²) in [5.74, 6) is 1.09. The minimum atomic E-state index is -3.49. The molecule has 8 nitrogen and oxygen atoms in total. The second-order valence-corrected chi connectivity index (χ2v) is 9.58. The lowest BCUT2D eigenvalue weighted by atomic mass is 9.77. The zero-order valence-electron chi connectivity index (χ0n) is 15.7. The van der Waals surface area contributed by atoms with E-state index in [1.54, 1.807) is 27.3 Å². The average molecular weight is 398 g/mol. The van der Waals surface area contributed by atoms with E-state index in [0.717, 1.165) is 42.9 Å². The minimum Gasteiger partial charge on any atom is -0.327 e. The summed E-state index contributed by atoms with van der Waals surface area (Å²) in [6.07, 6.45) is 11.4. The number of hydrogen-bond donors (Lipinski definition) is 0. The van der Waals surface area contributed by atoms with Gasteiger partial charge in [0.05, 0.1) is 18.1 Å². The molecular weight excluding hydrogens is 376 g/mol. The van der Waals surface area contributed by atoms with Crippen LogP contribution in [0.4, 0.5) is 0 Å². The topological polar surface area (TPSA) is 85.9 Å². The van der Waals surface area contributed by atoms with Crippen molar-refractivity contribution < 1.29 is 8.42 Å². The van der Waals surface area contributed by atoms with E-state index in [4.69, 9.17) is 4.98 Å². The Hall–Kier alpha value is -2.52. The second-order valence-electron chi connectivity index (χ2n) is 7.64. The molecule has 0 aliphatic carbocycles. The lowest BCUT2D eigenvalue weighted by molar-refractivity contribution is 0.228. The number of aromatic nitrogens is 5. The summed E-state index contributed by atoms with van der Waals surface area (Å²) in [5.41, 5.74) is 2.11. The Morgan fingerprint density at radius 1 is 1.07 bits per heavy atom. The van der Waals surface area contributed by atoms with Crippen LogP contribution in [0.25, 0.3) is 11.3 Å². The molecule has 0 atom stereocenters. The Morgan fingerprint density at radius 3 is 2.54 bits per heavy atom. The van der Waals surface area contributed by atoms with Crippen molar-refractivity contribution in [1.29, 1.82) is 0 Å². The molecule has 5 rings (SSSR count). The smallest absolute Gasteiger partial charge is 0.244 e. The first-order valence-electron chi connectivity index (χ1n) is 9.45. The van der Waals surface area contributed by atoms with Crippen molar-refractivity contribution in [2.45, 2.75) is 36.1 Å². The number of imidazole rings is 1. The third-order valence-corrected chi connectivity index (χ3v) is 7.98. The Labute approximate surface area is 163 Å². The SMILES string of the molecule is Cn1cc(-c2cnc3n2CCC32CCN(S(=O)(=O)c3cccnc3)CC2)cn1. The monoisotopic (exact) mass is 398 g/mol. The average Bonchev–Trinajstić information content (AvgIpc) is 3.41. The molecule has 0 radical (unpaired) electrons. The molecule has 2 aliphatic rings. The maximum Gasteiger partial charge on any atom is 0.244 e. The fourth-order valence-corrected chi connectivity index (χ4v) is 5.93. The van der Waals surface area contributed by atoms with Gasteiger partial charge in [-0.1, -0.05) is 0 Å². The molecule has 1 fully saturated rings. The Morgan fingerprint density at radius 2 is 1.86 bits per heavy atom. The van der Waals surface area contributed by atoms with Gasteiger partial charge in [0.15, 0.2) is 0 Å². The van der Waals surface area contributed by atoms with Crippen LogP contribution in [0, 0.1) is 0 Å². The Bertz CT molecular complexity index is 1110. The van der Waals surface area contributed by atoms with Crippen molar-refractivity contribution in [2.75, 3.05) is 13.1 Å². The number of rotatable bonds is 3. The van der Waals surface area contributed by atoms with Gasteiger partial charge in [-0.3, -0.25) is 9.67 Å². The molecule has 0 amide bonds. The van der Waals surface area contributed by atoms with Gasteiger partial charge in [-0.25, -0.2) is 13.4 Å². The van der Waals surface area contributed by atoms with Gasteiger partial charge in [-0.15, -0.1) is 0 Å². The predicted molar refractivity (Wildman–Crippen MR) is 103 cm³/mol. The third-order valence-electron chi connectivity index (χ3n) is 6.10. The zero-order chi connectivity index (χ0) is 19.4. The van der Waals surface area contributed by atoms with Crippen LogP contribution >= 0.6 is 0 Å². The maximum atomic E-state index is 12.9. The third kappa shape index (κ3) is 2.61. The van der Waals surface area contributed by atoms with E-state index in [9.17, 15) is 8.42 Å². The number of pyridine rings is 1. The van der Waals surface area contributed by atoms with Crippen LogP contribution in [-0.2, 0) is 29.0 Å². The molecule has 5 heterocycles. The number of sulfonamides is 1. The summed E-state index contributed by atoms with van der Waals surface area (Å²) in [6.45, 7) is 1.92. The number of hydrogen-bond acceptors (Lipinski definition) is 5. The molecule has 1 saturated heterocycles. The Balaban J connectivity index is 1.39. The molecule has 0 bridgehead atoms. The summed E-state index contributed by atoms with van der Waals surface area (Å²) in [6, 6.07) is 3.27. The highest BCUT2D eigenvalue weighted by atomic mass is 32.2. The molecule has 0 N–H and O–H groups in total. The maximum absolute atomic E-state index is 12.9. The lowest BCUT2D eigenvalue weighted by Crippen LogP contribution is -2.44. The van der Waals surface area contributed by atoms with Crippen molar-refractivity contribution in [3.05, 3.63) is 48.9 Å². The molecule has 3 aromatic heterocycles. The zero-order valence-corrected chi connectivity index (χ0v) is 16.5. The number of aryl methyl sites for hydroxylation is 1. The highest BCUT2D eigenvalue weighted by molar-refractivity contribution is 7.89. The van der Waals surface area contributed by atoms with Crippen molar-refractivity contribution in [1.82, 2.24) is 28.6 Å². The summed E-state index contributed by atoms with van der Waals surface area (Å²) >= 11 is 0.